The number of anilines is 1. The number of aromatic nitrogens is 2. The molecule has 18 heavy (non-hydrogen) atoms. The van der Waals surface area contributed by atoms with E-state index in [0.29, 0.717) is 12.4 Å². The Hall–Kier alpha value is -1.62. The van der Waals surface area contributed by atoms with Crippen molar-refractivity contribution in [3.05, 3.63) is 44.6 Å². The molecule has 0 aliphatic rings. The van der Waals surface area contributed by atoms with E-state index in [1.165, 1.54) is 9.75 Å². The topological polar surface area (TPSA) is 46.9 Å². The van der Waals surface area contributed by atoms with E-state index in [0.717, 1.165) is 13.0 Å². The quantitative estimate of drug-likeness (QED) is 0.902. The molecule has 4 nitrogen and oxygen atoms in total. The molecule has 0 amide bonds. The molecule has 96 valence electrons. The third kappa shape index (κ3) is 2.98. The maximum atomic E-state index is 12.0. The molecule has 2 aromatic rings. The van der Waals surface area contributed by atoms with Gasteiger partial charge in [0.15, 0.2) is 5.82 Å². The van der Waals surface area contributed by atoms with Crippen molar-refractivity contribution in [1.29, 1.82) is 0 Å². The summed E-state index contributed by atoms with van der Waals surface area (Å²) in [5, 5.41) is 3.11. The molecule has 0 aliphatic heterocycles. The van der Waals surface area contributed by atoms with Gasteiger partial charge in [-0.3, -0.25) is 4.79 Å². The SMILES string of the molecule is CCCn1ccnc(NCc2ccc(C)s2)c1=O. The molecule has 0 unspecified atom stereocenters. The molecule has 0 atom stereocenters. The van der Waals surface area contributed by atoms with Crippen LogP contribution in [-0.2, 0) is 13.1 Å². The normalized spacial score (nSPS) is 10.6. The Morgan fingerprint density at radius 2 is 2.28 bits per heavy atom. The first-order valence-corrected chi connectivity index (χ1v) is 6.87. The lowest BCUT2D eigenvalue weighted by molar-refractivity contribution is 0.649. The minimum atomic E-state index is -0.0485. The van der Waals surface area contributed by atoms with Gasteiger partial charge in [0.2, 0.25) is 0 Å². The summed E-state index contributed by atoms with van der Waals surface area (Å²) in [6.45, 7) is 5.50. The Bertz CT molecular complexity index is 574. The molecule has 0 aliphatic carbocycles. The average molecular weight is 263 g/mol. The summed E-state index contributed by atoms with van der Waals surface area (Å²) in [4.78, 5) is 18.6. The number of aryl methyl sites for hydroxylation is 2. The lowest BCUT2D eigenvalue weighted by atomic mass is 10.4. The van der Waals surface area contributed by atoms with Gasteiger partial charge in [0.25, 0.3) is 5.56 Å². The fourth-order valence-electron chi connectivity index (χ4n) is 1.74. The van der Waals surface area contributed by atoms with E-state index in [9.17, 15) is 4.79 Å². The summed E-state index contributed by atoms with van der Waals surface area (Å²) in [5.74, 6) is 0.428. The molecule has 0 radical (unpaired) electrons. The highest BCUT2D eigenvalue weighted by atomic mass is 32.1. The van der Waals surface area contributed by atoms with Crippen LogP contribution in [0.3, 0.4) is 0 Å². The molecule has 0 bridgehead atoms. The predicted octanol–water partition coefficient (Wildman–Crippen LogP) is 2.64. The van der Waals surface area contributed by atoms with Crippen molar-refractivity contribution in [2.24, 2.45) is 0 Å². The fourth-order valence-corrected chi connectivity index (χ4v) is 2.57. The van der Waals surface area contributed by atoms with Crippen LogP contribution in [0.1, 0.15) is 23.1 Å². The van der Waals surface area contributed by atoms with Crippen molar-refractivity contribution in [3.63, 3.8) is 0 Å². The van der Waals surface area contributed by atoms with E-state index >= 15 is 0 Å². The van der Waals surface area contributed by atoms with E-state index < -0.39 is 0 Å². The van der Waals surface area contributed by atoms with Crippen molar-refractivity contribution in [2.45, 2.75) is 33.4 Å². The highest BCUT2D eigenvalue weighted by Crippen LogP contribution is 2.15. The third-order valence-corrected chi connectivity index (χ3v) is 3.60. The minimum Gasteiger partial charge on any atom is -0.361 e. The second-order valence-electron chi connectivity index (χ2n) is 4.14. The second kappa shape index (κ2) is 5.82. The molecule has 2 heterocycles. The molecule has 0 saturated carbocycles. The number of nitrogens with one attached hydrogen (secondary N) is 1. The number of hydrogen-bond donors (Lipinski definition) is 1. The van der Waals surface area contributed by atoms with Gasteiger partial charge >= 0.3 is 0 Å². The molecule has 2 aromatic heterocycles. The first-order valence-electron chi connectivity index (χ1n) is 6.05. The van der Waals surface area contributed by atoms with Gasteiger partial charge in [0, 0.05) is 28.7 Å². The standard InChI is InChI=1S/C13H17N3OS/c1-3-7-16-8-6-14-12(13(16)17)15-9-11-5-4-10(2)18-11/h4-6,8H,3,7,9H2,1-2H3,(H,14,15). The van der Waals surface area contributed by atoms with Gasteiger partial charge in [-0.1, -0.05) is 6.92 Å². The maximum Gasteiger partial charge on any atom is 0.293 e. The van der Waals surface area contributed by atoms with Crippen molar-refractivity contribution in [1.82, 2.24) is 9.55 Å². The van der Waals surface area contributed by atoms with Crippen LogP contribution in [0.5, 0.6) is 0 Å². The van der Waals surface area contributed by atoms with Crippen molar-refractivity contribution >= 4 is 17.2 Å². The van der Waals surface area contributed by atoms with Crippen LogP contribution >= 0.6 is 11.3 Å². The summed E-state index contributed by atoms with van der Waals surface area (Å²) in [6.07, 6.45) is 4.33. The number of nitrogens with zero attached hydrogens (tertiary/aromatic N) is 2. The Morgan fingerprint density at radius 3 is 2.94 bits per heavy atom. The predicted molar refractivity (Wildman–Crippen MR) is 75.2 cm³/mol. The number of thiophene rings is 1. The summed E-state index contributed by atoms with van der Waals surface area (Å²) < 4.78 is 1.69. The molecular formula is C13H17N3OS. The van der Waals surface area contributed by atoms with E-state index in [1.54, 1.807) is 28.3 Å². The third-order valence-electron chi connectivity index (χ3n) is 2.60. The Morgan fingerprint density at radius 1 is 1.44 bits per heavy atom. The highest BCUT2D eigenvalue weighted by Gasteiger charge is 2.04. The molecule has 0 fully saturated rings. The van der Waals surface area contributed by atoms with Crippen LogP contribution in [0, 0.1) is 6.92 Å². The van der Waals surface area contributed by atoms with Gasteiger partial charge in [-0.25, -0.2) is 4.98 Å². The van der Waals surface area contributed by atoms with Crippen LogP contribution in [-0.4, -0.2) is 9.55 Å². The van der Waals surface area contributed by atoms with Gasteiger partial charge in [-0.2, -0.15) is 0 Å². The molecule has 1 N–H and O–H groups in total. The average Bonchev–Trinajstić information content (AvgIpc) is 2.77. The molecule has 0 spiro atoms. The molecule has 0 aromatic carbocycles. The van der Waals surface area contributed by atoms with E-state index in [2.05, 4.69) is 29.4 Å². The zero-order valence-corrected chi connectivity index (χ0v) is 11.5. The fraction of sp³-hybridized carbons (Fsp3) is 0.385. The number of hydrogen-bond acceptors (Lipinski definition) is 4. The maximum absolute atomic E-state index is 12.0. The monoisotopic (exact) mass is 263 g/mol. The summed E-state index contributed by atoms with van der Waals surface area (Å²) in [6, 6.07) is 4.15. The van der Waals surface area contributed by atoms with Crippen LogP contribution < -0.4 is 10.9 Å². The van der Waals surface area contributed by atoms with Gasteiger partial charge in [0.1, 0.15) is 0 Å². The summed E-state index contributed by atoms with van der Waals surface area (Å²) in [7, 11) is 0. The van der Waals surface area contributed by atoms with Crippen LogP contribution in [0.2, 0.25) is 0 Å². The lowest BCUT2D eigenvalue weighted by Gasteiger charge is -2.07. The van der Waals surface area contributed by atoms with E-state index in [4.69, 9.17) is 0 Å². The summed E-state index contributed by atoms with van der Waals surface area (Å²) in [5.41, 5.74) is -0.0485. The Labute approximate surface area is 110 Å². The van der Waals surface area contributed by atoms with Crippen LogP contribution in [0.4, 0.5) is 5.82 Å². The van der Waals surface area contributed by atoms with Crippen LogP contribution in [0.25, 0.3) is 0 Å². The Kier molecular flexibility index (Phi) is 4.15. The van der Waals surface area contributed by atoms with Crippen molar-refractivity contribution < 1.29 is 0 Å². The van der Waals surface area contributed by atoms with Gasteiger partial charge < -0.3 is 9.88 Å². The largest absolute Gasteiger partial charge is 0.361 e. The molecule has 2 rings (SSSR count). The smallest absolute Gasteiger partial charge is 0.293 e. The number of rotatable bonds is 5. The summed E-state index contributed by atoms with van der Waals surface area (Å²) >= 11 is 1.73. The zero-order valence-electron chi connectivity index (χ0n) is 10.6. The van der Waals surface area contributed by atoms with Crippen molar-refractivity contribution in [2.75, 3.05) is 5.32 Å². The van der Waals surface area contributed by atoms with Crippen LogP contribution in [0.15, 0.2) is 29.3 Å². The second-order valence-corrected chi connectivity index (χ2v) is 5.51. The minimum absolute atomic E-state index is 0.0485. The van der Waals surface area contributed by atoms with Gasteiger partial charge in [-0.05, 0) is 25.5 Å². The van der Waals surface area contributed by atoms with Gasteiger partial charge in [-0.15, -0.1) is 11.3 Å². The lowest BCUT2D eigenvalue weighted by Crippen LogP contribution is -2.24. The first kappa shape index (κ1) is 12.8. The molecule has 5 heteroatoms. The molecule has 0 saturated heterocycles. The molecular weight excluding hydrogens is 246 g/mol. The highest BCUT2D eigenvalue weighted by molar-refractivity contribution is 7.11. The van der Waals surface area contributed by atoms with Crippen molar-refractivity contribution in [3.8, 4) is 0 Å². The van der Waals surface area contributed by atoms with E-state index in [1.807, 2.05) is 6.92 Å². The van der Waals surface area contributed by atoms with Gasteiger partial charge in [0.05, 0.1) is 6.54 Å². The zero-order chi connectivity index (χ0) is 13.0. The van der Waals surface area contributed by atoms with E-state index in [-0.39, 0.29) is 5.56 Å². The Balaban J connectivity index is 2.09. The first-order chi connectivity index (χ1) is 8.70.